The molecule has 1 nitrogen and oxygen atoms in total. The van der Waals surface area contributed by atoms with Crippen LogP contribution in [0.2, 0.25) is 0 Å². The molecule has 1 heteroatoms. The van der Waals surface area contributed by atoms with Gasteiger partial charge in [0.05, 0.1) is 0 Å². The van der Waals surface area contributed by atoms with E-state index in [9.17, 15) is 0 Å². The van der Waals surface area contributed by atoms with Gasteiger partial charge in [0.25, 0.3) is 0 Å². The van der Waals surface area contributed by atoms with Crippen LogP contribution in [0.5, 0.6) is 0 Å². The molecule has 0 rings (SSSR count). The largest absolute Gasteiger partial charge is 0.405 e. The summed E-state index contributed by atoms with van der Waals surface area (Å²) in [5.41, 5.74) is 6.37. The molecule has 0 aliphatic heterocycles. The normalized spacial score (nSPS) is 12.9. The first-order valence-corrected chi connectivity index (χ1v) is 4.17. The van der Waals surface area contributed by atoms with Crippen molar-refractivity contribution in [2.75, 3.05) is 0 Å². The molecule has 0 aliphatic rings. The lowest BCUT2D eigenvalue weighted by molar-refractivity contribution is 1.04. The minimum atomic E-state index is 0.991. The van der Waals surface area contributed by atoms with E-state index in [2.05, 4.69) is 12.7 Å². The van der Waals surface area contributed by atoms with Crippen molar-refractivity contribution in [1.29, 1.82) is 0 Å². The van der Waals surface area contributed by atoms with Crippen LogP contribution in [-0.2, 0) is 0 Å². The van der Waals surface area contributed by atoms with E-state index in [-0.39, 0.29) is 0 Å². The molecule has 0 atom stereocenters. The van der Waals surface area contributed by atoms with Crippen LogP contribution in [0.4, 0.5) is 0 Å². The first-order chi connectivity index (χ1) is 5.85. The van der Waals surface area contributed by atoms with Crippen LogP contribution >= 0.6 is 0 Å². The zero-order valence-electron chi connectivity index (χ0n) is 7.66. The molecule has 0 fully saturated rings. The number of hydrogen-bond donors (Lipinski definition) is 1. The van der Waals surface area contributed by atoms with Crippen molar-refractivity contribution < 1.29 is 0 Å². The van der Waals surface area contributed by atoms with Gasteiger partial charge in [0.2, 0.25) is 0 Å². The Labute approximate surface area is 75.0 Å². The molecule has 12 heavy (non-hydrogen) atoms. The highest BCUT2D eigenvalue weighted by Gasteiger charge is 1.82. The number of rotatable bonds is 5. The Hall–Kier alpha value is -1.24. The van der Waals surface area contributed by atoms with Gasteiger partial charge in [-0.1, -0.05) is 37.0 Å². The van der Waals surface area contributed by atoms with E-state index in [1.165, 1.54) is 5.57 Å². The SMILES string of the molecule is C=CC(/C=C/C)=C\CC/C=C\N. The summed E-state index contributed by atoms with van der Waals surface area (Å²) in [7, 11) is 0. The molecule has 0 bridgehead atoms. The zero-order chi connectivity index (χ0) is 9.23. The predicted octanol–water partition coefficient (Wildman–Crippen LogP) is 2.93. The van der Waals surface area contributed by atoms with E-state index in [1.54, 1.807) is 6.20 Å². The van der Waals surface area contributed by atoms with Crippen LogP contribution in [-0.4, -0.2) is 0 Å². The highest BCUT2D eigenvalue weighted by Crippen LogP contribution is 2.02. The third-order valence-corrected chi connectivity index (χ3v) is 1.44. The second kappa shape index (κ2) is 7.86. The molecule has 0 aromatic carbocycles. The topological polar surface area (TPSA) is 26.0 Å². The summed E-state index contributed by atoms with van der Waals surface area (Å²) >= 11 is 0. The Balaban J connectivity index is 3.85. The molecule has 0 spiro atoms. The summed E-state index contributed by atoms with van der Waals surface area (Å²) in [4.78, 5) is 0. The van der Waals surface area contributed by atoms with Crippen molar-refractivity contribution in [2.45, 2.75) is 19.8 Å². The number of hydrogen-bond acceptors (Lipinski definition) is 1. The van der Waals surface area contributed by atoms with E-state index < -0.39 is 0 Å². The van der Waals surface area contributed by atoms with Crippen LogP contribution in [0.3, 0.4) is 0 Å². The van der Waals surface area contributed by atoms with Gasteiger partial charge in [-0.2, -0.15) is 0 Å². The Kier molecular flexibility index (Phi) is 7.05. The van der Waals surface area contributed by atoms with Gasteiger partial charge in [0.15, 0.2) is 0 Å². The van der Waals surface area contributed by atoms with E-state index >= 15 is 0 Å². The summed E-state index contributed by atoms with van der Waals surface area (Å²) in [5.74, 6) is 0. The molecule has 0 unspecified atom stereocenters. The standard InChI is InChI=1S/C11H17N/c1-3-8-11(4-2)9-6-5-7-10-12/h3-4,7-10H,2,5-6,12H2,1H3/b8-3+,10-7-,11-9+. The number of nitrogens with two attached hydrogens (primary N) is 1. The molecule has 0 aromatic rings. The summed E-state index contributed by atoms with van der Waals surface area (Å²) in [6.07, 6.45) is 13.6. The lowest BCUT2D eigenvalue weighted by atomic mass is 10.2. The molecule has 0 saturated heterocycles. The van der Waals surface area contributed by atoms with E-state index in [4.69, 9.17) is 5.73 Å². The first-order valence-electron chi connectivity index (χ1n) is 4.17. The third kappa shape index (κ3) is 5.54. The number of allylic oxidation sites excluding steroid dienone is 6. The second-order valence-electron chi connectivity index (χ2n) is 2.41. The highest BCUT2D eigenvalue weighted by molar-refractivity contribution is 5.28. The van der Waals surface area contributed by atoms with Crippen molar-refractivity contribution in [2.24, 2.45) is 5.73 Å². The van der Waals surface area contributed by atoms with Gasteiger partial charge in [-0.25, -0.2) is 0 Å². The van der Waals surface area contributed by atoms with Crippen molar-refractivity contribution in [3.05, 3.63) is 48.7 Å². The molecule has 0 radical (unpaired) electrons. The van der Waals surface area contributed by atoms with Gasteiger partial charge in [0, 0.05) is 0 Å². The first kappa shape index (κ1) is 10.8. The van der Waals surface area contributed by atoms with Gasteiger partial charge < -0.3 is 5.73 Å². The van der Waals surface area contributed by atoms with Crippen LogP contribution in [0.15, 0.2) is 48.7 Å². The maximum Gasteiger partial charge on any atom is -0.0103 e. The lowest BCUT2D eigenvalue weighted by Crippen LogP contribution is -1.76. The fourth-order valence-electron chi connectivity index (χ4n) is 0.854. The summed E-state index contributed by atoms with van der Waals surface area (Å²) in [5, 5.41) is 0. The fourth-order valence-corrected chi connectivity index (χ4v) is 0.854. The monoisotopic (exact) mass is 163 g/mol. The molecule has 0 aromatic heterocycles. The van der Waals surface area contributed by atoms with Crippen molar-refractivity contribution >= 4 is 0 Å². The summed E-state index contributed by atoms with van der Waals surface area (Å²) in [6, 6.07) is 0. The predicted molar refractivity (Wildman–Crippen MR) is 55.7 cm³/mol. The van der Waals surface area contributed by atoms with Crippen molar-refractivity contribution in [3.63, 3.8) is 0 Å². The Morgan fingerprint density at radius 2 is 2.17 bits per heavy atom. The average molecular weight is 163 g/mol. The Morgan fingerprint density at radius 3 is 2.67 bits per heavy atom. The molecule has 0 aliphatic carbocycles. The van der Waals surface area contributed by atoms with E-state index in [1.807, 2.05) is 31.2 Å². The van der Waals surface area contributed by atoms with Gasteiger partial charge in [-0.15, -0.1) is 0 Å². The Bertz CT molecular complexity index is 197. The molecule has 66 valence electrons. The van der Waals surface area contributed by atoms with Crippen LogP contribution in [0, 0.1) is 0 Å². The zero-order valence-corrected chi connectivity index (χ0v) is 7.66. The fraction of sp³-hybridized carbons (Fsp3) is 0.273. The van der Waals surface area contributed by atoms with Gasteiger partial charge in [-0.3, -0.25) is 0 Å². The van der Waals surface area contributed by atoms with Crippen LogP contribution in [0.1, 0.15) is 19.8 Å². The molecular formula is C11H17N. The summed E-state index contributed by atoms with van der Waals surface area (Å²) < 4.78 is 0. The van der Waals surface area contributed by atoms with Crippen molar-refractivity contribution in [1.82, 2.24) is 0 Å². The van der Waals surface area contributed by atoms with Crippen molar-refractivity contribution in [3.8, 4) is 0 Å². The van der Waals surface area contributed by atoms with Gasteiger partial charge in [0.1, 0.15) is 0 Å². The molecule has 2 N–H and O–H groups in total. The lowest BCUT2D eigenvalue weighted by Gasteiger charge is -1.91. The maximum absolute atomic E-state index is 5.20. The Morgan fingerprint density at radius 1 is 1.42 bits per heavy atom. The maximum atomic E-state index is 5.20. The van der Waals surface area contributed by atoms with Gasteiger partial charge in [-0.05, 0) is 31.5 Å². The quantitative estimate of drug-likeness (QED) is 0.489. The molecule has 0 amide bonds. The number of unbranched alkanes of at least 4 members (excludes halogenated alkanes) is 1. The van der Waals surface area contributed by atoms with E-state index in [0.717, 1.165) is 12.8 Å². The average Bonchev–Trinajstić information content (AvgIpc) is 2.10. The molecule has 0 heterocycles. The summed E-state index contributed by atoms with van der Waals surface area (Å²) in [6.45, 7) is 5.71. The molecule has 0 saturated carbocycles. The van der Waals surface area contributed by atoms with Crippen LogP contribution < -0.4 is 5.73 Å². The van der Waals surface area contributed by atoms with Crippen LogP contribution in [0.25, 0.3) is 0 Å². The minimum Gasteiger partial charge on any atom is -0.405 e. The molecular weight excluding hydrogens is 146 g/mol. The minimum absolute atomic E-state index is 0.991. The second-order valence-corrected chi connectivity index (χ2v) is 2.41. The smallest absolute Gasteiger partial charge is 0.0103 e. The highest BCUT2D eigenvalue weighted by atomic mass is 14.5. The van der Waals surface area contributed by atoms with E-state index in [0.29, 0.717) is 0 Å². The van der Waals surface area contributed by atoms with Gasteiger partial charge >= 0.3 is 0 Å². The third-order valence-electron chi connectivity index (χ3n) is 1.44.